The highest BCUT2D eigenvalue weighted by atomic mass is 32.1. The van der Waals surface area contributed by atoms with Gasteiger partial charge in [-0.2, -0.15) is 0 Å². The first-order valence-electron chi connectivity index (χ1n) is 18.0. The Morgan fingerprint density at radius 1 is 0.296 bits per heavy atom. The molecule has 264 valence electrons. The molecule has 0 saturated carbocycles. The monoisotopic (exact) mass is 772 g/mol. The summed E-state index contributed by atoms with van der Waals surface area (Å²) in [5, 5.41) is 4.74. The van der Waals surface area contributed by atoms with E-state index in [0.29, 0.717) is 0 Å². The van der Waals surface area contributed by atoms with Crippen LogP contribution in [0, 0.1) is 27.7 Å². The van der Waals surface area contributed by atoms with Crippen molar-refractivity contribution in [2.24, 2.45) is 0 Å². The molecular weight excluding hydrogens is 737 g/mol. The van der Waals surface area contributed by atoms with E-state index in [9.17, 15) is 0 Å². The van der Waals surface area contributed by atoms with E-state index in [1.807, 2.05) is 45.3 Å². The van der Waals surface area contributed by atoms with Gasteiger partial charge in [-0.05, 0) is 123 Å². The minimum Gasteiger partial charge on any atom is -0.282 e. The molecule has 0 N–H and O–H groups in total. The van der Waals surface area contributed by atoms with Crippen LogP contribution in [0.4, 0.5) is 42.8 Å². The van der Waals surface area contributed by atoms with Crippen molar-refractivity contribution in [2.45, 2.75) is 27.7 Å². The van der Waals surface area contributed by atoms with Crippen LogP contribution in [0.25, 0.3) is 22.3 Å². The maximum absolute atomic E-state index is 2.52. The van der Waals surface area contributed by atoms with Gasteiger partial charge in [-0.1, -0.05) is 72.8 Å². The Labute approximate surface area is 332 Å². The normalized spacial score (nSPS) is 15.0. The summed E-state index contributed by atoms with van der Waals surface area (Å²) in [6.07, 6.45) is 0. The van der Waals surface area contributed by atoms with Crippen molar-refractivity contribution >= 4 is 88.1 Å². The second-order valence-electron chi connectivity index (χ2n) is 13.7. The van der Waals surface area contributed by atoms with E-state index in [-0.39, 0.29) is 0 Å². The minimum absolute atomic E-state index is 1.11. The maximum Gasteiger partial charge on any atom is 0.167 e. The van der Waals surface area contributed by atoms with Crippen molar-refractivity contribution in [1.82, 2.24) is 0 Å². The van der Waals surface area contributed by atoms with Crippen LogP contribution in [0.1, 0.15) is 19.5 Å². The van der Waals surface area contributed by atoms with Gasteiger partial charge in [0.1, 0.15) is 20.0 Å². The van der Waals surface area contributed by atoms with Crippen molar-refractivity contribution in [3.05, 3.63) is 177 Å². The summed E-state index contributed by atoms with van der Waals surface area (Å²) in [5.41, 5.74) is 9.45. The van der Waals surface area contributed by atoms with Gasteiger partial charge < -0.3 is 0 Å². The molecule has 54 heavy (non-hydrogen) atoms. The van der Waals surface area contributed by atoms with Crippen molar-refractivity contribution in [1.29, 1.82) is 0 Å². The summed E-state index contributed by atoms with van der Waals surface area (Å²) in [6.45, 7) is 8.82. The van der Waals surface area contributed by atoms with Crippen LogP contribution in [-0.4, -0.2) is 0 Å². The fourth-order valence-electron chi connectivity index (χ4n) is 7.52. The molecule has 0 fully saturated rings. The van der Waals surface area contributed by atoms with Gasteiger partial charge in [-0.25, -0.2) is 0 Å². The van der Waals surface area contributed by atoms with E-state index in [1.165, 1.54) is 61.8 Å². The first kappa shape index (κ1) is 33.2. The highest BCUT2D eigenvalue weighted by molar-refractivity contribution is 7.17. The van der Waals surface area contributed by atoms with Gasteiger partial charge in [0.2, 0.25) is 0 Å². The van der Waals surface area contributed by atoms with Crippen LogP contribution in [0.2, 0.25) is 0 Å². The fraction of sp³-hybridized carbons (Fsp3) is 0.0870. The molecule has 8 aromatic rings. The zero-order valence-electron chi connectivity index (χ0n) is 30.3. The number of hydrogen-bond acceptors (Lipinski definition) is 8. The Bertz CT molecular complexity index is 2510. The number of hydrogen-bond donors (Lipinski definition) is 0. The largest absolute Gasteiger partial charge is 0.282 e. The average Bonchev–Trinajstić information content (AvgIpc) is 4.06. The Kier molecular flexibility index (Phi) is 8.10. The Hall–Kier alpha value is -5.38. The minimum atomic E-state index is 1.11. The summed E-state index contributed by atoms with van der Waals surface area (Å²) in [4.78, 5) is 15.2. The van der Waals surface area contributed by atoms with Crippen LogP contribution in [0.3, 0.4) is 0 Å². The van der Waals surface area contributed by atoms with Gasteiger partial charge in [-0.3, -0.25) is 19.6 Å². The number of nitrogens with zero attached hydrogens (tertiary/aromatic N) is 4. The molecule has 2 aliphatic rings. The van der Waals surface area contributed by atoms with E-state index < -0.39 is 0 Å². The average molecular weight is 773 g/mol. The summed E-state index contributed by atoms with van der Waals surface area (Å²) in [7, 11) is 0. The van der Waals surface area contributed by atoms with Crippen molar-refractivity contribution in [3.8, 4) is 22.3 Å². The lowest BCUT2D eigenvalue weighted by Gasteiger charge is -2.32. The number of aryl methyl sites for hydroxylation is 4. The third-order valence-corrected chi connectivity index (χ3v) is 13.9. The van der Waals surface area contributed by atoms with Gasteiger partial charge in [0.15, 0.2) is 11.6 Å². The van der Waals surface area contributed by atoms with Crippen molar-refractivity contribution < 1.29 is 0 Å². The molecule has 0 aliphatic carbocycles. The summed E-state index contributed by atoms with van der Waals surface area (Å²) in [6, 6.07) is 53.6. The molecule has 4 aromatic heterocycles. The lowest BCUT2D eigenvalue weighted by atomic mass is 10.0. The zero-order valence-corrected chi connectivity index (χ0v) is 33.5. The van der Waals surface area contributed by atoms with Gasteiger partial charge in [-0.15, -0.1) is 45.3 Å². The van der Waals surface area contributed by atoms with Gasteiger partial charge in [0.25, 0.3) is 0 Å². The number of anilines is 8. The highest BCUT2D eigenvalue weighted by Gasteiger charge is 2.45. The first-order chi connectivity index (χ1) is 26.4. The second-order valence-corrected chi connectivity index (χ2v) is 18.7. The molecule has 4 aromatic carbocycles. The number of fused-ring (bicyclic) bond motifs is 2. The van der Waals surface area contributed by atoms with E-state index in [0.717, 1.165) is 34.4 Å². The maximum atomic E-state index is 2.52. The smallest absolute Gasteiger partial charge is 0.167 e. The summed E-state index contributed by atoms with van der Waals surface area (Å²) >= 11 is 7.35. The SMILES string of the molecule is Cc1ccc(N2/C(=C3/N(c4ccc(C)s4)c4ccc(-c5ccccc5)cc4N3c3ccc(C)s3)N(c3ccc(C)s3)c3cc(-c4ccccc4)ccc32)s1. The highest BCUT2D eigenvalue weighted by Crippen LogP contribution is 2.60. The van der Waals surface area contributed by atoms with E-state index in [2.05, 4.69) is 193 Å². The van der Waals surface area contributed by atoms with Crippen molar-refractivity contribution in [3.63, 3.8) is 0 Å². The molecule has 10 rings (SSSR count). The van der Waals surface area contributed by atoms with Crippen LogP contribution in [0.15, 0.2) is 157 Å². The van der Waals surface area contributed by atoms with Crippen LogP contribution >= 0.6 is 45.3 Å². The van der Waals surface area contributed by atoms with E-state index in [1.54, 1.807) is 0 Å². The molecule has 2 aliphatic heterocycles. The molecule has 0 amide bonds. The number of rotatable bonds is 6. The van der Waals surface area contributed by atoms with Crippen LogP contribution < -0.4 is 19.6 Å². The van der Waals surface area contributed by atoms with Crippen LogP contribution in [0.5, 0.6) is 0 Å². The predicted molar refractivity (Wildman–Crippen MR) is 236 cm³/mol. The van der Waals surface area contributed by atoms with E-state index >= 15 is 0 Å². The third-order valence-electron chi connectivity index (χ3n) is 9.96. The van der Waals surface area contributed by atoms with Gasteiger partial charge in [0, 0.05) is 19.5 Å². The number of thiophene rings is 4. The third kappa shape index (κ3) is 5.52. The fourth-order valence-corrected chi connectivity index (χ4v) is 11.0. The Morgan fingerprint density at radius 2 is 0.611 bits per heavy atom. The quantitative estimate of drug-likeness (QED) is 0.167. The summed E-state index contributed by atoms with van der Waals surface area (Å²) < 4.78 is 0. The molecule has 0 spiro atoms. The zero-order chi connectivity index (χ0) is 36.5. The predicted octanol–water partition coefficient (Wildman–Crippen LogP) is 14.9. The lowest BCUT2D eigenvalue weighted by molar-refractivity contribution is 1.03. The van der Waals surface area contributed by atoms with Gasteiger partial charge in [0.05, 0.1) is 22.7 Å². The Morgan fingerprint density at radius 3 is 0.907 bits per heavy atom. The first-order valence-corrected chi connectivity index (χ1v) is 21.3. The van der Waals surface area contributed by atoms with Gasteiger partial charge >= 0.3 is 0 Å². The van der Waals surface area contributed by atoms with E-state index in [4.69, 9.17) is 0 Å². The second kappa shape index (κ2) is 13.2. The molecule has 0 saturated heterocycles. The topological polar surface area (TPSA) is 13.0 Å². The summed E-state index contributed by atoms with van der Waals surface area (Å²) in [5.74, 6) is 2.21. The molecule has 8 heteroatoms. The standard InChI is InChI=1S/C46H36N4S4/c1-29-15-23-41(51-29)47-37-21-19-35(33-11-7-5-8-12-33)27-39(37)49(43-25-17-31(3)53-43)45(47)46-48(42-24-16-30(2)52-42)38-22-20-36(34-13-9-6-10-14-34)28-40(38)50(46)44-26-18-32(4)54-44/h5-28H,1-4H3/b46-45+. The van der Waals surface area contributed by atoms with Crippen LogP contribution in [-0.2, 0) is 0 Å². The molecule has 0 bridgehead atoms. The molecule has 0 radical (unpaired) electrons. The van der Waals surface area contributed by atoms with Crippen molar-refractivity contribution in [2.75, 3.05) is 19.6 Å². The molecule has 6 heterocycles. The Balaban J connectivity index is 1.33. The number of benzene rings is 4. The molecular formula is C46H36N4S4. The molecule has 0 unspecified atom stereocenters. The molecule has 0 atom stereocenters. The lowest BCUT2D eigenvalue weighted by Crippen LogP contribution is -2.32. The molecule has 4 nitrogen and oxygen atoms in total.